The molecule has 3 heteroatoms. The highest BCUT2D eigenvalue weighted by molar-refractivity contribution is 6.16. The van der Waals surface area contributed by atoms with Crippen LogP contribution in [0.1, 0.15) is 24.1 Å². The number of hydrogen-bond donors (Lipinski definition) is 2. The fourth-order valence-corrected chi connectivity index (χ4v) is 4.43. The Morgan fingerprint density at radius 2 is 1.29 bits per heavy atom. The highest BCUT2D eigenvalue weighted by atomic mass is 15.2. The number of rotatable bonds is 6. The number of para-hydroxylation sites is 3. The van der Waals surface area contributed by atoms with Crippen LogP contribution in [0.15, 0.2) is 127 Å². The molecule has 5 aromatic rings. The molecular weight excluding hydrogens is 414 g/mol. The first-order valence-electron chi connectivity index (χ1n) is 11.5. The Labute approximate surface area is 200 Å². The van der Waals surface area contributed by atoms with Crippen LogP contribution in [0.25, 0.3) is 10.8 Å². The molecule has 3 nitrogen and oxygen atoms in total. The van der Waals surface area contributed by atoms with Gasteiger partial charge in [0.2, 0.25) is 0 Å². The van der Waals surface area contributed by atoms with Gasteiger partial charge in [0.15, 0.2) is 0 Å². The summed E-state index contributed by atoms with van der Waals surface area (Å²) in [6.07, 6.45) is 0. The first-order chi connectivity index (χ1) is 16.7. The Bertz CT molecular complexity index is 1410. The molecule has 0 amide bonds. The van der Waals surface area contributed by atoms with Crippen molar-refractivity contribution in [2.75, 3.05) is 10.2 Å². The average Bonchev–Trinajstić information content (AvgIpc) is 2.90. The molecule has 1 atom stereocenters. The van der Waals surface area contributed by atoms with Crippen LogP contribution in [0, 0.1) is 5.41 Å². The van der Waals surface area contributed by atoms with Crippen molar-refractivity contribution >= 4 is 33.7 Å². The zero-order chi connectivity index (χ0) is 23.3. The van der Waals surface area contributed by atoms with E-state index in [1.54, 1.807) is 0 Å². The van der Waals surface area contributed by atoms with Gasteiger partial charge in [-0.15, -0.1) is 0 Å². The third kappa shape index (κ3) is 4.28. The summed E-state index contributed by atoms with van der Waals surface area (Å²) in [6, 6.07) is 43.2. The minimum absolute atomic E-state index is 0.0496. The molecule has 0 radical (unpaired) electrons. The fraction of sp³-hybridized carbons (Fsp3) is 0.0645. The largest absolute Gasteiger partial charge is 0.354 e. The van der Waals surface area contributed by atoms with Crippen LogP contribution >= 0.6 is 0 Å². The second kappa shape index (κ2) is 9.63. The second-order valence-corrected chi connectivity index (χ2v) is 8.34. The van der Waals surface area contributed by atoms with E-state index in [9.17, 15) is 5.41 Å². The van der Waals surface area contributed by atoms with Crippen molar-refractivity contribution < 1.29 is 0 Å². The van der Waals surface area contributed by atoms with Crippen molar-refractivity contribution in [2.24, 2.45) is 0 Å². The van der Waals surface area contributed by atoms with Crippen molar-refractivity contribution in [3.8, 4) is 0 Å². The molecule has 0 aliphatic heterocycles. The lowest BCUT2D eigenvalue weighted by Crippen LogP contribution is -2.34. The topological polar surface area (TPSA) is 39.1 Å². The number of benzene rings is 5. The Balaban J connectivity index is 1.65. The van der Waals surface area contributed by atoms with Gasteiger partial charge in [-0.3, -0.25) is 5.41 Å². The van der Waals surface area contributed by atoms with E-state index in [1.165, 1.54) is 0 Å². The van der Waals surface area contributed by atoms with Crippen molar-refractivity contribution in [3.63, 3.8) is 0 Å². The minimum atomic E-state index is -0.0496. The molecule has 0 saturated carbocycles. The molecule has 5 aromatic carbocycles. The summed E-state index contributed by atoms with van der Waals surface area (Å²) in [5, 5.41) is 15.2. The Morgan fingerprint density at radius 3 is 2.09 bits per heavy atom. The molecule has 2 N–H and O–H groups in total. The molecule has 166 valence electrons. The zero-order valence-electron chi connectivity index (χ0n) is 19.1. The monoisotopic (exact) mass is 441 g/mol. The lowest BCUT2D eigenvalue weighted by Gasteiger charge is -2.34. The first-order valence-corrected chi connectivity index (χ1v) is 11.5. The molecule has 0 fully saturated rings. The summed E-state index contributed by atoms with van der Waals surface area (Å²) < 4.78 is 0. The molecule has 0 saturated heterocycles. The fourth-order valence-electron chi connectivity index (χ4n) is 4.43. The molecule has 0 spiro atoms. The van der Waals surface area contributed by atoms with Crippen molar-refractivity contribution in [1.82, 2.24) is 0 Å². The molecular formula is C31H27N3. The average molecular weight is 442 g/mol. The number of amidine groups is 1. The van der Waals surface area contributed by atoms with Crippen LogP contribution in [-0.2, 0) is 0 Å². The molecule has 0 heterocycles. The summed E-state index contributed by atoms with van der Waals surface area (Å²) in [4.78, 5) is 2.13. The maximum Gasteiger partial charge on any atom is 0.133 e. The second-order valence-electron chi connectivity index (χ2n) is 8.34. The van der Waals surface area contributed by atoms with E-state index in [0.717, 1.165) is 39.0 Å². The maximum absolute atomic E-state index is 9.46. The minimum Gasteiger partial charge on any atom is -0.354 e. The highest BCUT2D eigenvalue weighted by Crippen LogP contribution is 2.36. The lowest BCUT2D eigenvalue weighted by atomic mass is 10.00. The maximum atomic E-state index is 9.46. The van der Waals surface area contributed by atoms with Crippen LogP contribution < -0.4 is 10.2 Å². The first kappa shape index (κ1) is 21.5. The van der Waals surface area contributed by atoms with E-state index in [0.29, 0.717) is 5.84 Å². The van der Waals surface area contributed by atoms with Crippen LogP contribution in [0.5, 0.6) is 0 Å². The van der Waals surface area contributed by atoms with E-state index in [1.807, 2.05) is 60.7 Å². The normalized spacial score (nSPS) is 11.7. The Kier molecular flexibility index (Phi) is 6.09. The van der Waals surface area contributed by atoms with Gasteiger partial charge in [-0.2, -0.15) is 0 Å². The van der Waals surface area contributed by atoms with Gasteiger partial charge in [-0.05, 0) is 47.5 Å². The van der Waals surface area contributed by atoms with E-state index < -0.39 is 0 Å². The summed E-state index contributed by atoms with van der Waals surface area (Å²) in [7, 11) is 0. The van der Waals surface area contributed by atoms with Gasteiger partial charge < -0.3 is 10.2 Å². The van der Waals surface area contributed by atoms with Crippen LogP contribution in [0.2, 0.25) is 0 Å². The number of hydrogen-bond acceptors (Lipinski definition) is 2. The van der Waals surface area contributed by atoms with E-state index in [4.69, 9.17) is 0 Å². The van der Waals surface area contributed by atoms with Crippen LogP contribution in [0.3, 0.4) is 0 Å². The summed E-state index contributed by atoms with van der Waals surface area (Å²) in [5.74, 6) is 0.468. The number of anilines is 3. The SMILES string of the molecule is CC(c1ccccc1)N(C(=N)c1cccc2ccccc12)c1ccccc1Nc1ccccc1. The smallest absolute Gasteiger partial charge is 0.133 e. The zero-order valence-corrected chi connectivity index (χ0v) is 19.1. The van der Waals surface area contributed by atoms with Gasteiger partial charge in [0.25, 0.3) is 0 Å². The number of nitrogens with one attached hydrogen (secondary N) is 2. The summed E-state index contributed by atoms with van der Waals surface area (Å²) >= 11 is 0. The van der Waals surface area contributed by atoms with Crippen molar-refractivity contribution in [3.05, 3.63) is 139 Å². The van der Waals surface area contributed by atoms with Gasteiger partial charge in [-0.1, -0.05) is 103 Å². The van der Waals surface area contributed by atoms with E-state index >= 15 is 0 Å². The predicted molar refractivity (Wildman–Crippen MR) is 144 cm³/mol. The van der Waals surface area contributed by atoms with Gasteiger partial charge in [0, 0.05) is 11.3 Å². The molecule has 0 aromatic heterocycles. The molecule has 34 heavy (non-hydrogen) atoms. The summed E-state index contributed by atoms with van der Waals surface area (Å²) in [5.41, 5.74) is 5.00. The molecule has 1 unspecified atom stereocenters. The third-order valence-corrected chi connectivity index (χ3v) is 6.17. The highest BCUT2D eigenvalue weighted by Gasteiger charge is 2.25. The number of nitrogens with zero attached hydrogens (tertiary/aromatic N) is 1. The molecule has 0 aliphatic carbocycles. The molecule has 0 bridgehead atoms. The van der Waals surface area contributed by atoms with Gasteiger partial charge in [-0.25, -0.2) is 0 Å². The predicted octanol–water partition coefficient (Wildman–Crippen LogP) is 8.18. The Morgan fingerprint density at radius 1 is 0.676 bits per heavy atom. The van der Waals surface area contributed by atoms with Gasteiger partial charge in [0.05, 0.1) is 17.4 Å². The van der Waals surface area contributed by atoms with Gasteiger partial charge >= 0.3 is 0 Å². The quantitative estimate of drug-likeness (QED) is 0.206. The van der Waals surface area contributed by atoms with Crippen LogP contribution in [-0.4, -0.2) is 5.84 Å². The molecule has 0 aliphatic rings. The van der Waals surface area contributed by atoms with Crippen LogP contribution in [0.4, 0.5) is 17.1 Å². The van der Waals surface area contributed by atoms with Crippen molar-refractivity contribution in [2.45, 2.75) is 13.0 Å². The van der Waals surface area contributed by atoms with E-state index in [2.05, 4.69) is 83.9 Å². The lowest BCUT2D eigenvalue weighted by molar-refractivity contribution is 0.790. The number of fused-ring (bicyclic) bond motifs is 1. The third-order valence-electron chi connectivity index (χ3n) is 6.17. The molecule has 5 rings (SSSR count). The summed E-state index contributed by atoms with van der Waals surface area (Å²) in [6.45, 7) is 2.16. The Hall–Kier alpha value is -4.37. The van der Waals surface area contributed by atoms with Crippen molar-refractivity contribution in [1.29, 1.82) is 5.41 Å². The van der Waals surface area contributed by atoms with E-state index in [-0.39, 0.29) is 6.04 Å². The standard InChI is InChI=1S/C31H27N3/c1-23(24-13-4-2-5-14-24)34(31(32)28-20-12-16-25-15-8-9-19-27(25)28)30-22-11-10-21-29(30)33-26-17-6-3-7-18-26/h2-23,32-33H,1H3. The van der Waals surface area contributed by atoms with Gasteiger partial charge in [0.1, 0.15) is 5.84 Å².